The molecule has 0 aliphatic carbocycles. The van der Waals surface area contributed by atoms with Crippen LogP contribution in [-0.2, 0) is 19.0 Å². The van der Waals surface area contributed by atoms with Crippen molar-refractivity contribution >= 4 is 5.97 Å². The molecule has 0 aliphatic heterocycles. The Morgan fingerprint density at radius 2 is 1.45 bits per heavy atom. The maximum Gasteiger partial charge on any atom is 0.305 e. The van der Waals surface area contributed by atoms with E-state index in [1.165, 1.54) is 0 Å². The minimum atomic E-state index is -0.366. The maximum atomic E-state index is 11.9. The number of carbonyl (C=O) groups excluding carboxylic acids is 1. The third-order valence-electron chi connectivity index (χ3n) is 4.37. The molecule has 5 nitrogen and oxygen atoms in total. The van der Waals surface area contributed by atoms with Crippen molar-refractivity contribution in [2.45, 2.75) is 91.3 Å². The summed E-state index contributed by atoms with van der Waals surface area (Å²) in [5.41, 5.74) is 0. The Balaban J connectivity index is 4.13. The van der Waals surface area contributed by atoms with Crippen LogP contribution in [0.15, 0.2) is 24.3 Å². The van der Waals surface area contributed by atoms with Crippen LogP contribution in [-0.4, -0.2) is 43.8 Å². The molecule has 1 atom stereocenters. The molecule has 0 rings (SSSR count). The summed E-state index contributed by atoms with van der Waals surface area (Å²) >= 11 is 0. The number of rotatable bonds is 20. The van der Waals surface area contributed by atoms with Gasteiger partial charge in [0.25, 0.3) is 0 Å². The van der Waals surface area contributed by atoms with Gasteiger partial charge in [-0.1, -0.05) is 45.1 Å². The second kappa shape index (κ2) is 21.5. The molecule has 170 valence electrons. The number of carbonyl (C=O) groups is 1. The molecule has 0 saturated heterocycles. The van der Waals surface area contributed by atoms with Gasteiger partial charge in [-0.2, -0.15) is 0 Å². The average Bonchev–Trinajstić information content (AvgIpc) is 2.73. The van der Waals surface area contributed by atoms with Crippen molar-refractivity contribution in [2.24, 2.45) is 5.92 Å². The Kier molecular flexibility index (Phi) is 20.7. The predicted molar refractivity (Wildman–Crippen MR) is 119 cm³/mol. The SMILES string of the molecule is CC/C=C\CCCCOC(CCC(=O)OCC(C)CO)OCCCC/C=C\CC. The van der Waals surface area contributed by atoms with E-state index in [4.69, 9.17) is 19.3 Å². The van der Waals surface area contributed by atoms with Crippen LogP contribution < -0.4 is 0 Å². The van der Waals surface area contributed by atoms with Crippen LogP contribution in [0.2, 0.25) is 0 Å². The third-order valence-corrected chi connectivity index (χ3v) is 4.37. The number of aliphatic hydroxyl groups is 1. The molecule has 0 aromatic carbocycles. The number of hydrogen-bond donors (Lipinski definition) is 1. The summed E-state index contributed by atoms with van der Waals surface area (Å²) < 4.78 is 16.9. The first-order valence-corrected chi connectivity index (χ1v) is 11.4. The summed E-state index contributed by atoms with van der Waals surface area (Å²) in [6.45, 7) is 7.66. The lowest BCUT2D eigenvalue weighted by Crippen LogP contribution is -2.21. The molecular formula is C24H44O5. The molecule has 0 fully saturated rings. The van der Waals surface area contributed by atoms with E-state index in [0.29, 0.717) is 19.6 Å². The summed E-state index contributed by atoms with van der Waals surface area (Å²) in [5, 5.41) is 9.00. The van der Waals surface area contributed by atoms with Crippen LogP contribution in [0, 0.1) is 5.92 Å². The van der Waals surface area contributed by atoms with E-state index >= 15 is 0 Å². The maximum absolute atomic E-state index is 11.9. The molecule has 0 aromatic rings. The van der Waals surface area contributed by atoms with Gasteiger partial charge in [0.15, 0.2) is 6.29 Å². The molecule has 29 heavy (non-hydrogen) atoms. The quantitative estimate of drug-likeness (QED) is 0.123. The van der Waals surface area contributed by atoms with Gasteiger partial charge in [-0.25, -0.2) is 0 Å². The molecular weight excluding hydrogens is 368 g/mol. The van der Waals surface area contributed by atoms with Crippen LogP contribution in [0.1, 0.15) is 85.0 Å². The highest BCUT2D eigenvalue weighted by atomic mass is 16.7. The number of esters is 1. The van der Waals surface area contributed by atoms with Gasteiger partial charge in [-0.05, 0) is 51.4 Å². The van der Waals surface area contributed by atoms with Crippen molar-refractivity contribution in [3.8, 4) is 0 Å². The van der Waals surface area contributed by atoms with Gasteiger partial charge in [0.1, 0.15) is 0 Å². The zero-order valence-corrected chi connectivity index (χ0v) is 18.9. The summed E-state index contributed by atoms with van der Waals surface area (Å²) in [6, 6.07) is 0. The highest BCUT2D eigenvalue weighted by Crippen LogP contribution is 2.10. The lowest BCUT2D eigenvalue weighted by molar-refractivity contribution is -0.160. The van der Waals surface area contributed by atoms with Crippen molar-refractivity contribution in [1.82, 2.24) is 0 Å². The second-order valence-electron chi connectivity index (χ2n) is 7.43. The molecule has 0 radical (unpaired) electrons. The Hall–Kier alpha value is -1.17. The Morgan fingerprint density at radius 3 is 1.93 bits per heavy atom. The Bertz CT molecular complexity index is 395. The fourth-order valence-corrected chi connectivity index (χ4v) is 2.54. The summed E-state index contributed by atoms with van der Waals surface area (Å²) in [6.07, 6.45) is 17.6. The first-order valence-electron chi connectivity index (χ1n) is 11.4. The molecule has 0 heterocycles. The van der Waals surface area contributed by atoms with E-state index in [2.05, 4.69) is 38.2 Å². The number of hydrogen-bond acceptors (Lipinski definition) is 5. The van der Waals surface area contributed by atoms with Crippen molar-refractivity contribution in [2.75, 3.05) is 26.4 Å². The van der Waals surface area contributed by atoms with E-state index in [0.717, 1.165) is 51.4 Å². The zero-order valence-electron chi connectivity index (χ0n) is 18.9. The molecule has 0 bridgehead atoms. The topological polar surface area (TPSA) is 65.0 Å². The van der Waals surface area contributed by atoms with Gasteiger partial charge < -0.3 is 19.3 Å². The van der Waals surface area contributed by atoms with Gasteiger partial charge in [0.05, 0.1) is 13.0 Å². The first-order chi connectivity index (χ1) is 14.1. The van der Waals surface area contributed by atoms with E-state index in [-0.39, 0.29) is 37.8 Å². The monoisotopic (exact) mass is 412 g/mol. The van der Waals surface area contributed by atoms with Crippen LogP contribution in [0.4, 0.5) is 0 Å². The lowest BCUT2D eigenvalue weighted by atomic mass is 10.2. The van der Waals surface area contributed by atoms with E-state index in [1.54, 1.807) is 0 Å². The van der Waals surface area contributed by atoms with E-state index < -0.39 is 0 Å². The van der Waals surface area contributed by atoms with E-state index in [1.807, 2.05) is 6.92 Å². The Morgan fingerprint density at radius 1 is 0.897 bits per heavy atom. The van der Waals surface area contributed by atoms with Gasteiger partial charge >= 0.3 is 5.97 Å². The molecule has 0 aromatic heterocycles. The van der Waals surface area contributed by atoms with E-state index in [9.17, 15) is 4.79 Å². The largest absolute Gasteiger partial charge is 0.465 e. The minimum absolute atomic E-state index is 0.0169. The second-order valence-corrected chi connectivity index (χ2v) is 7.43. The smallest absolute Gasteiger partial charge is 0.305 e. The number of allylic oxidation sites excluding steroid dienone is 4. The summed E-state index contributed by atoms with van der Waals surface area (Å²) in [7, 11) is 0. The van der Waals surface area contributed by atoms with Gasteiger partial charge in [-0.15, -0.1) is 0 Å². The Labute approximate surface area is 178 Å². The molecule has 0 saturated carbocycles. The van der Waals surface area contributed by atoms with Gasteiger partial charge in [-0.3, -0.25) is 4.79 Å². The molecule has 1 unspecified atom stereocenters. The standard InChI is InChI=1S/C24H44O5/c1-4-6-8-10-12-14-18-27-24(28-19-15-13-11-9-7-5-2)17-16-23(26)29-21-22(3)20-25/h6-9,22,24-25H,4-5,10-21H2,1-3H3/b8-6-,9-7-. The average molecular weight is 413 g/mol. The summed E-state index contributed by atoms with van der Waals surface area (Å²) in [5.74, 6) is -0.303. The van der Waals surface area contributed by atoms with Crippen molar-refractivity contribution in [3.05, 3.63) is 24.3 Å². The van der Waals surface area contributed by atoms with Gasteiger partial charge in [0.2, 0.25) is 0 Å². The molecule has 1 N–H and O–H groups in total. The number of unbranched alkanes of at least 4 members (excludes halogenated alkanes) is 4. The minimum Gasteiger partial charge on any atom is -0.465 e. The first kappa shape index (κ1) is 27.8. The normalized spacial score (nSPS) is 13.0. The fourth-order valence-electron chi connectivity index (χ4n) is 2.54. The fraction of sp³-hybridized carbons (Fsp3) is 0.792. The van der Waals surface area contributed by atoms with Crippen molar-refractivity contribution < 1.29 is 24.1 Å². The van der Waals surface area contributed by atoms with Crippen molar-refractivity contribution in [3.63, 3.8) is 0 Å². The highest BCUT2D eigenvalue weighted by molar-refractivity contribution is 5.69. The number of ether oxygens (including phenoxy) is 3. The van der Waals surface area contributed by atoms with Crippen LogP contribution in [0.25, 0.3) is 0 Å². The molecule has 0 aliphatic rings. The number of aliphatic hydroxyl groups excluding tert-OH is 1. The zero-order chi connectivity index (χ0) is 21.6. The summed E-state index contributed by atoms with van der Waals surface area (Å²) in [4.78, 5) is 11.9. The third kappa shape index (κ3) is 19.9. The van der Waals surface area contributed by atoms with Crippen LogP contribution in [0.3, 0.4) is 0 Å². The predicted octanol–water partition coefficient (Wildman–Crippen LogP) is 5.57. The molecule has 0 amide bonds. The van der Waals surface area contributed by atoms with Gasteiger partial charge in [0, 0.05) is 32.2 Å². The molecule has 5 heteroatoms. The highest BCUT2D eigenvalue weighted by Gasteiger charge is 2.14. The van der Waals surface area contributed by atoms with Crippen molar-refractivity contribution in [1.29, 1.82) is 0 Å². The molecule has 0 spiro atoms. The van der Waals surface area contributed by atoms with Crippen LogP contribution in [0.5, 0.6) is 0 Å². The van der Waals surface area contributed by atoms with Crippen LogP contribution >= 0.6 is 0 Å². The lowest BCUT2D eigenvalue weighted by Gasteiger charge is -2.18.